The number of carbonyl (C=O) groups is 1. The molecule has 0 radical (unpaired) electrons. The summed E-state index contributed by atoms with van der Waals surface area (Å²) in [5.74, 6) is 2.38. The topological polar surface area (TPSA) is 64.8 Å². The van der Waals surface area contributed by atoms with Crippen molar-refractivity contribution in [1.29, 1.82) is 0 Å². The highest BCUT2D eigenvalue weighted by molar-refractivity contribution is 5.95. The number of rotatable bonds is 8. The fourth-order valence-electron chi connectivity index (χ4n) is 3.86. The van der Waals surface area contributed by atoms with Crippen molar-refractivity contribution in [1.82, 2.24) is 4.90 Å². The third-order valence-corrected chi connectivity index (χ3v) is 5.62. The van der Waals surface area contributed by atoms with E-state index < -0.39 is 0 Å². The molecule has 1 aliphatic rings. The number of nitrogens with two attached hydrogens (primary N) is 1. The lowest BCUT2D eigenvalue weighted by Crippen LogP contribution is -2.29. The van der Waals surface area contributed by atoms with Crippen LogP contribution in [0.4, 0.5) is 0 Å². The standard InChI is InChI=1S/C24H32N2O3/c1-17(2)11-12-29-22-10-9-19(13-23(22)28-3)24(27)26-15-20(14-25)21(16-26)18-7-5-4-6-8-18/h4-10,13,17,20-21H,11-12,14-16,25H2,1-3H3/t20-,21+/m1/s1. The third-order valence-electron chi connectivity index (χ3n) is 5.62. The number of carbonyl (C=O) groups excluding carboxylic acids is 1. The van der Waals surface area contributed by atoms with Crippen molar-refractivity contribution in [3.8, 4) is 11.5 Å². The number of hydrogen-bond acceptors (Lipinski definition) is 4. The molecule has 1 heterocycles. The average Bonchev–Trinajstić information content (AvgIpc) is 3.18. The lowest BCUT2D eigenvalue weighted by Gasteiger charge is -2.18. The van der Waals surface area contributed by atoms with Gasteiger partial charge in [0, 0.05) is 24.6 Å². The number of methoxy groups -OCH3 is 1. The summed E-state index contributed by atoms with van der Waals surface area (Å²) in [6, 6.07) is 15.8. The monoisotopic (exact) mass is 396 g/mol. The lowest BCUT2D eigenvalue weighted by molar-refractivity contribution is 0.0786. The van der Waals surface area contributed by atoms with Gasteiger partial charge in [-0.15, -0.1) is 0 Å². The Kier molecular flexibility index (Phi) is 7.15. The quantitative estimate of drug-likeness (QED) is 0.734. The zero-order chi connectivity index (χ0) is 20.8. The van der Waals surface area contributed by atoms with Crippen LogP contribution in [0.25, 0.3) is 0 Å². The van der Waals surface area contributed by atoms with Gasteiger partial charge in [-0.05, 0) is 48.6 Å². The molecule has 1 amide bonds. The van der Waals surface area contributed by atoms with Gasteiger partial charge in [-0.25, -0.2) is 0 Å². The fourth-order valence-corrected chi connectivity index (χ4v) is 3.86. The Morgan fingerprint density at radius 1 is 1.14 bits per heavy atom. The molecule has 5 heteroatoms. The second-order valence-corrected chi connectivity index (χ2v) is 8.12. The van der Waals surface area contributed by atoms with Gasteiger partial charge < -0.3 is 20.1 Å². The Bertz CT molecular complexity index is 807. The van der Waals surface area contributed by atoms with Crippen LogP contribution in [0.3, 0.4) is 0 Å². The Hall–Kier alpha value is -2.53. The highest BCUT2D eigenvalue weighted by atomic mass is 16.5. The number of amides is 1. The maximum absolute atomic E-state index is 13.2. The molecule has 156 valence electrons. The van der Waals surface area contributed by atoms with Crippen molar-refractivity contribution in [3.63, 3.8) is 0 Å². The van der Waals surface area contributed by atoms with Crippen LogP contribution < -0.4 is 15.2 Å². The van der Waals surface area contributed by atoms with Crippen LogP contribution in [0.5, 0.6) is 11.5 Å². The van der Waals surface area contributed by atoms with Gasteiger partial charge in [-0.2, -0.15) is 0 Å². The van der Waals surface area contributed by atoms with Gasteiger partial charge in [-0.3, -0.25) is 4.79 Å². The van der Waals surface area contributed by atoms with E-state index >= 15 is 0 Å². The first-order valence-electron chi connectivity index (χ1n) is 10.4. The molecule has 2 atom stereocenters. The normalized spacial score (nSPS) is 18.9. The van der Waals surface area contributed by atoms with Gasteiger partial charge in [0.25, 0.3) is 5.91 Å². The summed E-state index contributed by atoms with van der Waals surface area (Å²) in [6.07, 6.45) is 0.971. The summed E-state index contributed by atoms with van der Waals surface area (Å²) in [5.41, 5.74) is 7.88. The molecule has 1 saturated heterocycles. The van der Waals surface area contributed by atoms with E-state index in [4.69, 9.17) is 15.2 Å². The van der Waals surface area contributed by atoms with Gasteiger partial charge in [0.15, 0.2) is 11.5 Å². The summed E-state index contributed by atoms with van der Waals surface area (Å²) >= 11 is 0. The number of hydrogen-bond donors (Lipinski definition) is 1. The van der Waals surface area contributed by atoms with Crippen LogP contribution in [0.1, 0.15) is 42.1 Å². The molecule has 0 aliphatic carbocycles. The molecule has 2 aromatic rings. The Labute approximate surface area is 173 Å². The van der Waals surface area contributed by atoms with Gasteiger partial charge >= 0.3 is 0 Å². The van der Waals surface area contributed by atoms with E-state index in [9.17, 15) is 4.79 Å². The largest absolute Gasteiger partial charge is 0.493 e. The molecule has 0 bridgehead atoms. The third kappa shape index (κ3) is 5.10. The molecule has 0 saturated carbocycles. The molecular weight excluding hydrogens is 364 g/mol. The molecule has 2 aromatic carbocycles. The Morgan fingerprint density at radius 3 is 2.55 bits per heavy atom. The van der Waals surface area contributed by atoms with Crippen molar-refractivity contribution in [3.05, 3.63) is 59.7 Å². The van der Waals surface area contributed by atoms with E-state index in [1.54, 1.807) is 13.2 Å². The number of ether oxygens (including phenoxy) is 2. The maximum Gasteiger partial charge on any atom is 0.254 e. The Morgan fingerprint density at radius 2 is 1.90 bits per heavy atom. The molecule has 3 rings (SSSR count). The molecular formula is C24H32N2O3. The molecule has 0 unspecified atom stereocenters. The minimum absolute atomic E-state index is 0.00825. The highest BCUT2D eigenvalue weighted by Gasteiger charge is 2.35. The van der Waals surface area contributed by atoms with Crippen LogP contribution in [-0.2, 0) is 0 Å². The van der Waals surface area contributed by atoms with Gasteiger partial charge in [-0.1, -0.05) is 44.2 Å². The SMILES string of the molecule is COc1cc(C(=O)N2C[C@@H](CN)[C@H](c3ccccc3)C2)ccc1OCCC(C)C. The second-order valence-electron chi connectivity index (χ2n) is 8.12. The van der Waals surface area contributed by atoms with Gasteiger partial charge in [0.2, 0.25) is 0 Å². The van der Waals surface area contributed by atoms with Gasteiger partial charge in [0.05, 0.1) is 13.7 Å². The number of likely N-dealkylation sites (tertiary alicyclic amines) is 1. The summed E-state index contributed by atoms with van der Waals surface area (Å²) in [7, 11) is 1.60. The summed E-state index contributed by atoms with van der Waals surface area (Å²) < 4.78 is 11.3. The van der Waals surface area contributed by atoms with E-state index in [1.807, 2.05) is 35.2 Å². The molecule has 0 aromatic heterocycles. The van der Waals surface area contributed by atoms with Crippen molar-refractivity contribution < 1.29 is 14.3 Å². The van der Waals surface area contributed by atoms with Crippen LogP contribution in [0.15, 0.2) is 48.5 Å². The zero-order valence-electron chi connectivity index (χ0n) is 17.6. The fraction of sp³-hybridized carbons (Fsp3) is 0.458. The Balaban J connectivity index is 1.72. The molecule has 1 fully saturated rings. The molecule has 1 aliphatic heterocycles. The van der Waals surface area contributed by atoms with E-state index in [-0.39, 0.29) is 17.7 Å². The molecule has 0 spiro atoms. The summed E-state index contributed by atoms with van der Waals surface area (Å²) in [4.78, 5) is 15.1. The van der Waals surface area contributed by atoms with Crippen molar-refractivity contribution >= 4 is 5.91 Å². The van der Waals surface area contributed by atoms with Crippen LogP contribution >= 0.6 is 0 Å². The first-order chi connectivity index (χ1) is 14.0. The number of nitrogens with zero attached hydrogens (tertiary/aromatic N) is 1. The van der Waals surface area contributed by atoms with Crippen LogP contribution in [0, 0.1) is 11.8 Å². The van der Waals surface area contributed by atoms with E-state index in [0.29, 0.717) is 49.2 Å². The molecule has 29 heavy (non-hydrogen) atoms. The predicted molar refractivity (Wildman–Crippen MR) is 116 cm³/mol. The van der Waals surface area contributed by atoms with E-state index in [0.717, 1.165) is 6.42 Å². The predicted octanol–water partition coefficient (Wildman–Crippen LogP) is 3.93. The number of benzene rings is 2. The molecule has 2 N–H and O–H groups in total. The van der Waals surface area contributed by atoms with E-state index in [1.165, 1.54) is 5.56 Å². The summed E-state index contributed by atoms with van der Waals surface area (Å²) in [5, 5.41) is 0. The average molecular weight is 397 g/mol. The van der Waals surface area contributed by atoms with Crippen LogP contribution in [-0.4, -0.2) is 44.2 Å². The van der Waals surface area contributed by atoms with Gasteiger partial charge in [0.1, 0.15) is 0 Å². The molecule has 5 nitrogen and oxygen atoms in total. The van der Waals surface area contributed by atoms with E-state index in [2.05, 4.69) is 26.0 Å². The highest BCUT2D eigenvalue weighted by Crippen LogP contribution is 2.34. The minimum Gasteiger partial charge on any atom is -0.493 e. The first-order valence-corrected chi connectivity index (χ1v) is 10.4. The lowest BCUT2D eigenvalue weighted by atomic mass is 9.89. The van der Waals surface area contributed by atoms with Crippen molar-refractivity contribution in [2.45, 2.75) is 26.2 Å². The maximum atomic E-state index is 13.2. The van der Waals surface area contributed by atoms with Crippen LogP contribution in [0.2, 0.25) is 0 Å². The second kappa shape index (κ2) is 9.79. The van der Waals surface area contributed by atoms with Crippen molar-refractivity contribution in [2.75, 3.05) is 33.4 Å². The summed E-state index contributed by atoms with van der Waals surface area (Å²) in [6.45, 7) is 6.87. The zero-order valence-corrected chi connectivity index (χ0v) is 17.6. The first kappa shape index (κ1) is 21.2. The smallest absolute Gasteiger partial charge is 0.254 e. The minimum atomic E-state index is 0.00825. The van der Waals surface area contributed by atoms with Crippen molar-refractivity contribution in [2.24, 2.45) is 17.6 Å².